The van der Waals surface area contributed by atoms with Crippen molar-refractivity contribution in [1.29, 1.82) is 0 Å². The van der Waals surface area contributed by atoms with E-state index in [9.17, 15) is 13.6 Å². The number of hydrogen-bond donors (Lipinski definition) is 1. The van der Waals surface area contributed by atoms with Crippen LogP contribution >= 0.6 is 15.9 Å². The van der Waals surface area contributed by atoms with Gasteiger partial charge in [0.1, 0.15) is 0 Å². The summed E-state index contributed by atoms with van der Waals surface area (Å²) in [5.74, 6) is -0.427. The molecule has 15 heavy (non-hydrogen) atoms. The van der Waals surface area contributed by atoms with E-state index in [0.29, 0.717) is 0 Å². The van der Waals surface area contributed by atoms with Crippen molar-refractivity contribution in [3.05, 3.63) is 29.3 Å². The number of Topliss-reactive ketones (excluding diaryl/α,β-unsaturated/α-hetero) is 1. The van der Waals surface area contributed by atoms with Gasteiger partial charge < -0.3 is 5.73 Å². The van der Waals surface area contributed by atoms with Crippen LogP contribution in [0.2, 0.25) is 0 Å². The normalized spacial score (nSPS) is 12.9. The van der Waals surface area contributed by atoms with E-state index < -0.39 is 17.0 Å². The monoisotopic (exact) mass is 277 g/mol. The molecule has 0 aliphatic carbocycles. The van der Waals surface area contributed by atoms with Crippen molar-refractivity contribution in [1.82, 2.24) is 0 Å². The van der Waals surface area contributed by atoms with Gasteiger partial charge in [0.05, 0.1) is 10.4 Å². The molecule has 0 fully saturated rings. The molecule has 1 aromatic rings. The number of carbonyl (C=O) groups is 1. The SMILES string of the molecule is CC(Br)C(=O)c1c(N)cccc1C(F)F. The van der Waals surface area contributed by atoms with Gasteiger partial charge in [0.2, 0.25) is 0 Å². The molecular formula is C10H10BrF2NO. The number of carbonyl (C=O) groups excluding carboxylic acids is 1. The average molecular weight is 278 g/mol. The number of benzene rings is 1. The maximum absolute atomic E-state index is 12.6. The largest absolute Gasteiger partial charge is 0.398 e. The fraction of sp³-hybridized carbons (Fsp3) is 0.300. The number of hydrogen-bond acceptors (Lipinski definition) is 2. The Bertz CT molecular complexity index is 380. The molecule has 1 aromatic carbocycles. The minimum absolute atomic E-state index is 0.0862. The van der Waals surface area contributed by atoms with Gasteiger partial charge in [0, 0.05) is 11.3 Å². The average Bonchev–Trinajstić information content (AvgIpc) is 2.16. The van der Waals surface area contributed by atoms with Crippen LogP contribution in [-0.2, 0) is 0 Å². The van der Waals surface area contributed by atoms with Crippen molar-refractivity contribution in [3.63, 3.8) is 0 Å². The minimum atomic E-state index is -2.70. The second kappa shape index (κ2) is 4.70. The highest BCUT2D eigenvalue weighted by Crippen LogP contribution is 2.28. The molecule has 5 heteroatoms. The molecular weight excluding hydrogens is 268 g/mol. The molecule has 2 nitrogen and oxygen atoms in total. The van der Waals surface area contributed by atoms with E-state index in [1.807, 2.05) is 0 Å². The van der Waals surface area contributed by atoms with Crippen LogP contribution in [0.1, 0.15) is 29.3 Å². The number of rotatable bonds is 3. The molecule has 0 bridgehead atoms. The van der Waals surface area contributed by atoms with Gasteiger partial charge in [0.15, 0.2) is 5.78 Å². The van der Waals surface area contributed by atoms with Crippen LogP contribution in [0.3, 0.4) is 0 Å². The Morgan fingerprint density at radius 2 is 2.07 bits per heavy atom. The third kappa shape index (κ3) is 2.53. The predicted octanol–water partition coefficient (Wildman–Crippen LogP) is 3.17. The Morgan fingerprint density at radius 1 is 1.47 bits per heavy atom. The van der Waals surface area contributed by atoms with Gasteiger partial charge >= 0.3 is 0 Å². The number of nitrogen functional groups attached to an aromatic ring is 1. The minimum Gasteiger partial charge on any atom is -0.398 e. The fourth-order valence-corrected chi connectivity index (χ4v) is 1.48. The van der Waals surface area contributed by atoms with E-state index in [4.69, 9.17) is 5.73 Å². The summed E-state index contributed by atoms with van der Waals surface area (Å²) in [6.45, 7) is 1.57. The van der Waals surface area contributed by atoms with Crippen LogP contribution < -0.4 is 5.73 Å². The topological polar surface area (TPSA) is 43.1 Å². The predicted molar refractivity (Wildman–Crippen MR) is 58.5 cm³/mol. The van der Waals surface area contributed by atoms with Gasteiger partial charge in [-0.25, -0.2) is 8.78 Å². The van der Waals surface area contributed by atoms with Crippen molar-refractivity contribution in [2.75, 3.05) is 5.73 Å². The summed E-state index contributed by atoms with van der Waals surface area (Å²) in [4.78, 5) is 11.1. The molecule has 2 N–H and O–H groups in total. The Labute approximate surface area is 94.6 Å². The van der Waals surface area contributed by atoms with Gasteiger partial charge in [-0.1, -0.05) is 28.1 Å². The van der Waals surface area contributed by atoms with Crippen molar-refractivity contribution in [2.24, 2.45) is 0 Å². The van der Waals surface area contributed by atoms with Crippen molar-refractivity contribution in [2.45, 2.75) is 18.2 Å². The molecule has 0 heterocycles. The van der Waals surface area contributed by atoms with Gasteiger partial charge in [-0.15, -0.1) is 0 Å². The van der Waals surface area contributed by atoms with Gasteiger partial charge in [-0.05, 0) is 13.0 Å². The number of nitrogens with two attached hydrogens (primary N) is 1. The van der Waals surface area contributed by atoms with Crippen molar-refractivity contribution < 1.29 is 13.6 Å². The number of alkyl halides is 3. The van der Waals surface area contributed by atoms with E-state index in [1.165, 1.54) is 18.2 Å². The Kier molecular flexibility index (Phi) is 3.79. The zero-order valence-corrected chi connectivity index (χ0v) is 9.59. The number of anilines is 1. The molecule has 0 saturated carbocycles. The molecule has 82 valence electrons. The number of ketones is 1. The van der Waals surface area contributed by atoms with Crippen LogP contribution in [0.5, 0.6) is 0 Å². The molecule has 0 saturated heterocycles. The standard InChI is InChI=1S/C10H10BrF2NO/c1-5(11)9(15)8-6(10(12)13)3-2-4-7(8)14/h2-5,10H,14H2,1H3. The van der Waals surface area contributed by atoms with Crippen molar-refractivity contribution >= 4 is 27.4 Å². The second-order valence-corrected chi connectivity index (χ2v) is 4.47. The van der Waals surface area contributed by atoms with E-state index in [0.717, 1.165) is 0 Å². The van der Waals surface area contributed by atoms with Crippen LogP contribution in [0.15, 0.2) is 18.2 Å². The highest BCUT2D eigenvalue weighted by molar-refractivity contribution is 9.10. The Hall–Kier alpha value is -0.970. The first-order valence-electron chi connectivity index (χ1n) is 4.30. The van der Waals surface area contributed by atoms with Crippen LogP contribution in [-0.4, -0.2) is 10.6 Å². The lowest BCUT2D eigenvalue weighted by Gasteiger charge is -2.11. The summed E-state index contributed by atoms with van der Waals surface area (Å²) in [6.07, 6.45) is -2.70. The van der Waals surface area contributed by atoms with Crippen LogP contribution in [0, 0.1) is 0 Å². The van der Waals surface area contributed by atoms with Crippen LogP contribution in [0.4, 0.5) is 14.5 Å². The summed E-state index contributed by atoms with van der Waals surface area (Å²) < 4.78 is 25.2. The molecule has 1 atom stereocenters. The lowest BCUT2D eigenvalue weighted by molar-refractivity contribution is 0.0983. The molecule has 0 aliphatic rings. The van der Waals surface area contributed by atoms with Gasteiger partial charge in [-0.2, -0.15) is 0 Å². The quantitative estimate of drug-likeness (QED) is 0.524. The van der Waals surface area contributed by atoms with Gasteiger partial charge in [0.25, 0.3) is 6.43 Å². The summed E-state index contributed by atoms with van der Waals surface area (Å²) >= 11 is 3.04. The van der Waals surface area contributed by atoms with E-state index >= 15 is 0 Å². The lowest BCUT2D eigenvalue weighted by atomic mass is 10.0. The summed E-state index contributed by atoms with van der Waals surface area (Å²) in [5.41, 5.74) is 5.21. The molecule has 0 amide bonds. The Balaban J connectivity index is 3.31. The summed E-state index contributed by atoms with van der Waals surface area (Å²) in [7, 11) is 0. The second-order valence-electron chi connectivity index (χ2n) is 3.09. The first-order chi connectivity index (χ1) is 6.95. The Morgan fingerprint density at radius 3 is 2.53 bits per heavy atom. The molecule has 1 rings (SSSR count). The number of halogens is 3. The zero-order chi connectivity index (χ0) is 11.6. The summed E-state index contributed by atoms with van der Waals surface area (Å²) in [5, 5.41) is 0. The highest BCUT2D eigenvalue weighted by Gasteiger charge is 2.23. The molecule has 1 unspecified atom stereocenters. The first kappa shape index (κ1) is 12.1. The maximum atomic E-state index is 12.6. The molecule has 0 spiro atoms. The van der Waals surface area contributed by atoms with Crippen molar-refractivity contribution in [3.8, 4) is 0 Å². The van der Waals surface area contributed by atoms with Gasteiger partial charge in [-0.3, -0.25) is 4.79 Å². The third-order valence-electron chi connectivity index (χ3n) is 1.97. The maximum Gasteiger partial charge on any atom is 0.264 e. The molecule has 0 aliphatic heterocycles. The van der Waals surface area contributed by atoms with Crippen LogP contribution in [0.25, 0.3) is 0 Å². The first-order valence-corrected chi connectivity index (χ1v) is 5.21. The fourth-order valence-electron chi connectivity index (χ4n) is 1.25. The third-order valence-corrected chi connectivity index (χ3v) is 2.39. The van der Waals surface area contributed by atoms with E-state index in [1.54, 1.807) is 6.92 Å². The summed E-state index contributed by atoms with van der Waals surface area (Å²) in [6, 6.07) is 4.06. The highest BCUT2D eigenvalue weighted by atomic mass is 79.9. The smallest absolute Gasteiger partial charge is 0.264 e. The molecule has 0 aromatic heterocycles. The molecule has 0 radical (unpaired) electrons. The van der Waals surface area contributed by atoms with E-state index in [2.05, 4.69) is 15.9 Å². The zero-order valence-electron chi connectivity index (χ0n) is 8.01. The lowest BCUT2D eigenvalue weighted by Crippen LogP contribution is -2.15. The van der Waals surface area contributed by atoms with E-state index in [-0.39, 0.29) is 16.8 Å².